The molecule has 0 aliphatic heterocycles. The van der Waals surface area contributed by atoms with Crippen LogP contribution in [0.4, 0.5) is 35.1 Å². The predicted octanol–water partition coefficient (Wildman–Crippen LogP) is 3.20. The van der Waals surface area contributed by atoms with Crippen molar-refractivity contribution in [3.05, 3.63) is 0 Å². The Balaban J connectivity index is 4.74. The molecule has 0 aromatic heterocycles. The van der Waals surface area contributed by atoms with E-state index in [1.54, 1.807) is 0 Å². The largest absolute Gasteiger partial charge is 0.425 e. The SMILES string of the molecule is CC(F)(OC(F)C(F)(F)SCCO)C(F)C(F)(F)F. The Morgan fingerprint density at radius 1 is 1.11 bits per heavy atom. The molecule has 2 nitrogen and oxygen atoms in total. The van der Waals surface area contributed by atoms with E-state index in [-0.39, 0.29) is 6.92 Å². The van der Waals surface area contributed by atoms with Gasteiger partial charge in [-0.1, -0.05) is 11.8 Å². The van der Waals surface area contributed by atoms with E-state index < -0.39 is 53.9 Å². The molecule has 0 radical (unpaired) electrons. The van der Waals surface area contributed by atoms with Crippen molar-refractivity contribution in [3.8, 4) is 0 Å². The molecule has 3 atom stereocenters. The maximum atomic E-state index is 13.1. The molecular weight excluding hydrogens is 312 g/mol. The number of aliphatic hydroxyl groups is 1. The first kappa shape index (κ1) is 18.7. The zero-order valence-electron chi connectivity index (χ0n) is 9.36. The summed E-state index contributed by atoms with van der Waals surface area (Å²) < 4.78 is 103. The van der Waals surface area contributed by atoms with E-state index in [1.807, 2.05) is 0 Å². The Morgan fingerprint density at radius 2 is 1.58 bits per heavy atom. The minimum atomic E-state index is -5.73. The first-order chi connectivity index (χ1) is 8.34. The summed E-state index contributed by atoms with van der Waals surface area (Å²) in [5.41, 5.74) is 0. The summed E-state index contributed by atoms with van der Waals surface area (Å²) in [4.78, 5) is 0. The van der Waals surface area contributed by atoms with Crippen LogP contribution in [-0.4, -0.2) is 47.3 Å². The van der Waals surface area contributed by atoms with Crippen LogP contribution in [0, 0.1) is 0 Å². The summed E-state index contributed by atoms with van der Waals surface area (Å²) in [5.74, 6) is -4.97. The molecular formula is C8H10F8O2S. The van der Waals surface area contributed by atoms with Crippen LogP contribution in [-0.2, 0) is 4.74 Å². The third kappa shape index (κ3) is 5.69. The van der Waals surface area contributed by atoms with Crippen molar-refractivity contribution in [1.82, 2.24) is 0 Å². The topological polar surface area (TPSA) is 29.5 Å². The van der Waals surface area contributed by atoms with Gasteiger partial charge in [0.25, 0.3) is 12.5 Å². The van der Waals surface area contributed by atoms with E-state index in [2.05, 4.69) is 4.74 Å². The van der Waals surface area contributed by atoms with Crippen molar-refractivity contribution in [2.24, 2.45) is 0 Å². The van der Waals surface area contributed by atoms with Gasteiger partial charge in [-0.3, -0.25) is 0 Å². The molecule has 0 amide bonds. The molecule has 1 N–H and O–H groups in total. The van der Waals surface area contributed by atoms with Gasteiger partial charge in [0, 0.05) is 5.75 Å². The molecule has 0 aliphatic rings. The van der Waals surface area contributed by atoms with Crippen molar-refractivity contribution in [3.63, 3.8) is 0 Å². The average molecular weight is 322 g/mol. The maximum absolute atomic E-state index is 13.1. The van der Waals surface area contributed by atoms with Gasteiger partial charge in [-0.05, 0) is 6.92 Å². The second-order valence-corrected chi connectivity index (χ2v) is 4.70. The molecule has 0 heterocycles. The van der Waals surface area contributed by atoms with Crippen LogP contribution in [0.15, 0.2) is 0 Å². The van der Waals surface area contributed by atoms with Gasteiger partial charge in [0.05, 0.1) is 6.61 Å². The van der Waals surface area contributed by atoms with Crippen molar-refractivity contribution in [1.29, 1.82) is 0 Å². The van der Waals surface area contributed by atoms with Crippen LogP contribution < -0.4 is 0 Å². The summed E-state index contributed by atoms with van der Waals surface area (Å²) in [6.45, 7) is -0.918. The van der Waals surface area contributed by atoms with Gasteiger partial charge in [0.2, 0.25) is 5.85 Å². The Morgan fingerprint density at radius 3 is 1.95 bits per heavy atom. The molecule has 0 aromatic carbocycles. The molecule has 0 fully saturated rings. The van der Waals surface area contributed by atoms with E-state index in [1.165, 1.54) is 0 Å². The van der Waals surface area contributed by atoms with E-state index >= 15 is 0 Å². The van der Waals surface area contributed by atoms with Gasteiger partial charge in [0.15, 0.2) is 0 Å². The van der Waals surface area contributed by atoms with Gasteiger partial charge >= 0.3 is 11.4 Å². The first-order valence-corrected chi connectivity index (χ1v) is 5.67. The number of rotatable bonds is 7. The zero-order valence-corrected chi connectivity index (χ0v) is 10.2. The lowest BCUT2D eigenvalue weighted by molar-refractivity contribution is -0.319. The highest BCUT2D eigenvalue weighted by Crippen LogP contribution is 2.40. The zero-order chi connectivity index (χ0) is 15.5. The number of thioether (sulfide) groups is 1. The predicted molar refractivity (Wildman–Crippen MR) is 50.9 cm³/mol. The number of halogens is 8. The molecule has 0 rings (SSSR count). The molecule has 3 unspecified atom stereocenters. The number of hydrogen-bond acceptors (Lipinski definition) is 3. The van der Waals surface area contributed by atoms with Crippen LogP contribution >= 0.6 is 11.8 Å². The fourth-order valence-electron chi connectivity index (χ4n) is 0.870. The highest BCUT2D eigenvalue weighted by molar-refractivity contribution is 8.00. The van der Waals surface area contributed by atoms with Gasteiger partial charge in [-0.15, -0.1) is 0 Å². The Bertz CT molecular complexity index is 282. The summed E-state index contributed by atoms with van der Waals surface area (Å²) in [7, 11) is 0. The normalized spacial score (nSPS) is 19.9. The van der Waals surface area contributed by atoms with E-state index in [0.717, 1.165) is 0 Å². The molecule has 0 saturated carbocycles. The van der Waals surface area contributed by atoms with Crippen molar-refractivity contribution >= 4 is 11.8 Å². The fraction of sp³-hybridized carbons (Fsp3) is 1.00. The van der Waals surface area contributed by atoms with Crippen molar-refractivity contribution in [2.45, 2.75) is 36.7 Å². The van der Waals surface area contributed by atoms with E-state index in [4.69, 9.17) is 5.11 Å². The third-order valence-corrected chi connectivity index (χ3v) is 2.68. The third-order valence-electron chi connectivity index (χ3n) is 1.72. The summed E-state index contributed by atoms with van der Waals surface area (Å²) in [5, 5.41) is 3.81. The van der Waals surface area contributed by atoms with Crippen LogP contribution in [0.25, 0.3) is 0 Å². The Kier molecular flexibility index (Phi) is 6.34. The van der Waals surface area contributed by atoms with Gasteiger partial charge in [-0.2, -0.15) is 22.0 Å². The number of ether oxygens (including phenoxy) is 1. The molecule has 0 spiro atoms. The summed E-state index contributed by atoms with van der Waals surface area (Å²) >= 11 is -0.507. The smallest absolute Gasteiger partial charge is 0.396 e. The fourth-order valence-corrected chi connectivity index (χ4v) is 1.41. The Labute approximate surface area is 107 Å². The van der Waals surface area contributed by atoms with Gasteiger partial charge < -0.3 is 9.84 Å². The molecule has 19 heavy (non-hydrogen) atoms. The lowest BCUT2D eigenvalue weighted by Gasteiger charge is -2.30. The quantitative estimate of drug-likeness (QED) is 0.730. The number of alkyl halides is 8. The summed E-state index contributed by atoms with van der Waals surface area (Å²) in [6, 6.07) is 0. The van der Waals surface area contributed by atoms with Crippen LogP contribution in [0.3, 0.4) is 0 Å². The number of hydrogen-bond donors (Lipinski definition) is 1. The standard InChI is InChI=1S/C8H10F8O2S/c1-6(11,4(9)7(12,13)14)18-5(10)8(15,16)19-3-2-17/h4-5,17H,2-3H2,1H3. The lowest BCUT2D eigenvalue weighted by Crippen LogP contribution is -2.48. The molecule has 116 valence electrons. The maximum Gasteiger partial charge on any atom is 0.425 e. The molecule has 0 saturated heterocycles. The molecule has 0 aromatic rings. The summed E-state index contributed by atoms with van der Waals surface area (Å²) in [6.07, 6.45) is -13.8. The van der Waals surface area contributed by atoms with Crippen molar-refractivity contribution < 1.29 is 45.0 Å². The van der Waals surface area contributed by atoms with Crippen LogP contribution in [0.1, 0.15) is 6.92 Å². The highest BCUT2D eigenvalue weighted by atomic mass is 32.2. The monoisotopic (exact) mass is 322 g/mol. The first-order valence-electron chi connectivity index (χ1n) is 4.69. The molecule has 0 bridgehead atoms. The van der Waals surface area contributed by atoms with Crippen molar-refractivity contribution in [2.75, 3.05) is 12.4 Å². The highest BCUT2D eigenvalue weighted by Gasteiger charge is 2.57. The number of aliphatic hydroxyl groups excluding tert-OH is 1. The molecule has 11 heteroatoms. The van der Waals surface area contributed by atoms with Crippen LogP contribution in [0.5, 0.6) is 0 Å². The second kappa shape index (κ2) is 6.44. The minimum Gasteiger partial charge on any atom is -0.396 e. The minimum absolute atomic E-state index is 0.148. The molecule has 0 aliphatic carbocycles. The lowest BCUT2D eigenvalue weighted by atomic mass is 10.2. The van der Waals surface area contributed by atoms with E-state index in [9.17, 15) is 35.1 Å². The van der Waals surface area contributed by atoms with Gasteiger partial charge in [0.1, 0.15) is 0 Å². The second-order valence-electron chi connectivity index (χ2n) is 3.46. The van der Waals surface area contributed by atoms with Gasteiger partial charge in [-0.25, -0.2) is 13.2 Å². The Hall–Kier alpha value is -0.290. The average Bonchev–Trinajstić information content (AvgIpc) is 2.23. The van der Waals surface area contributed by atoms with E-state index in [0.29, 0.717) is 0 Å². The van der Waals surface area contributed by atoms with Crippen LogP contribution in [0.2, 0.25) is 0 Å².